The normalized spacial score (nSPS) is 10.2. The molecule has 0 saturated heterocycles. The number of benzene rings is 1. The summed E-state index contributed by atoms with van der Waals surface area (Å²) >= 11 is 0. The van der Waals surface area contributed by atoms with Crippen LogP contribution in [0.15, 0.2) is 24.3 Å². The average Bonchev–Trinajstić information content (AvgIpc) is 2.74. The molecule has 0 aliphatic heterocycles. The molecule has 0 fully saturated rings. The summed E-state index contributed by atoms with van der Waals surface area (Å²) in [6, 6.07) is 9.68. The van der Waals surface area contributed by atoms with Gasteiger partial charge >= 0.3 is 0 Å². The molecule has 3 N–H and O–H groups in total. The minimum atomic E-state index is -0.240. The van der Waals surface area contributed by atoms with E-state index in [1.165, 1.54) is 0 Å². The summed E-state index contributed by atoms with van der Waals surface area (Å²) in [4.78, 5) is 15.6. The minimum Gasteiger partial charge on any atom is -0.327 e. The van der Waals surface area contributed by atoms with Gasteiger partial charge in [-0.1, -0.05) is 12.1 Å². The highest BCUT2D eigenvalue weighted by atomic mass is 16.2. The van der Waals surface area contributed by atoms with Gasteiger partial charge in [-0.2, -0.15) is 5.26 Å². The number of hydrogen-bond donors (Lipinski definition) is 2. The molecular formula is C12H13N5O. The van der Waals surface area contributed by atoms with Crippen molar-refractivity contribution in [1.29, 1.82) is 5.26 Å². The maximum Gasteiger partial charge on any atom is 0.235 e. The van der Waals surface area contributed by atoms with Crippen LogP contribution in [-0.2, 0) is 17.8 Å². The van der Waals surface area contributed by atoms with Gasteiger partial charge in [0.2, 0.25) is 5.91 Å². The smallest absolute Gasteiger partial charge is 0.235 e. The lowest BCUT2D eigenvalue weighted by molar-refractivity contribution is -0.121. The number of carbonyl (C=O) groups is 1. The van der Waals surface area contributed by atoms with Crippen molar-refractivity contribution < 1.29 is 4.79 Å². The molecule has 1 amide bonds. The number of rotatable bonds is 4. The van der Waals surface area contributed by atoms with E-state index in [9.17, 15) is 4.79 Å². The SMILES string of the molecule is N#CCc1nc2ccccc2n1CCC(=O)NN. The third-order valence-corrected chi connectivity index (χ3v) is 2.69. The first kappa shape index (κ1) is 12.1. The third kappa shape index (κ3) is 2.31. The number of fused-ring (bicyclic) bond motifs is 1. The molecule has 0 unspecified atom stereocenters. The number of carbonyl (C=O) groups excluding carboxylic acids is 1. The highest BCUT2D eigenvalue weighted by Crippen LogP contribution is 2.16. The highest BCUT2D eigenvalue weighted by molar-refractivity contribution is 5.77. The molecule has 1 heterocycles. The fourth-order valence-electron chi connectivity index (χ4n) is 1.87. The van der Waals surface area contributed by atoms with Gasteiger partial charge in [-0.25, -0.2) is 10.8 Å². The molecule has 6 nitrogen and oxygen atoms in total. The second-order valence-corrected chi connectivity index (χ2v) is 3.82. The largest absolute Gasteiger partial charge is 0.327 e. The molecule has 1 aromatic heterocycles. The van der Waals surface area contributed by atoms with E-state index in [-0.39, 0.29) is 18.7 Å². The Balaban J connectivity index is 2.36. The quantitative estimate of drug-likeness (QED) is 0.463. The first-order valence-corrected chi connectivity index (χ1v) is 5.57. The van der Waals surface area contributed by atoms with Crippen LogP contribution < -0.4 is 11.3 Å². The standard InChI is InChI=1S/C12H13N5O/c13-7-5-11-15-9-3-1-2-4-10(9)17(11)8-6-12(18)16-14/h1-4H,5-6,8,14H2,(H,16,18). The van der Waals surface area contributed by atoms with Gasteiger partial charge in [0.25, 0.3) is 0 Å². The van der Waals surface area contributed by atoms with Gasteiger partial charge in [-0.05, 0) is 12.1 Å². The van der Waals surface area contributed by atoms with E-state index in [1.807, 2.05) is 28.8 Å². The molecule has 0 aliphatic rings. The van der Waals surface area contributed by atoms with Crippen LogP contribution in [0.2, 0.25) is 0 Å². The first-order chi connectivity index (χ1) is 8.76. The van der Waals surface area contributed by atoms with Crippen LogP contribution in [0, 0.1) is 11.3 Å². The monoisotopic (exact) mass is 243 g/mol. The maximum atomic E-state index is 11.2. The zero-order chi connectivity index (χ0) is 13.0. The van der Waals surface area contributed by atoms with E-state index in [4.69, 9.17) is 11.1 Å². The van der Waals surface area contributed by atoms with Crippen molar-refractivity contribution in [2.24, 2.45) is 5.84 Å². The van der Waals surface area contributed by atoms with E-state index in [2.05, 4.69) is 16.5 Å². The van der Waals surface area contributed by atoms with E-state index < -0.39 is 0 Å². The molecule has 0 saturated carbocycles. The average molecular weight is 243 g/mol. The molecule has 18 heavy (non-hydrogen) atoms. The molecule has 92 valence electrons. The topological polar surface area (TPSA) is 96.7 Å². The number of nitrogens with zero attached hydrogens (tertiary/aromatic N) is 3. The summed E-state index contributed by atoms with van der Waals surface area (Å²) in [5.74, 6) is 5.47. The van der Waals surface area contributed by atoms with Crippen LogP contribution >= 0.6 is 0 Å². The first-order valence-electron chi connectivity index (χ1n) is 5.57. The third-order valence-electron chi connectivity index (χ3n) is 2.69. The van der Waals surface area contributed by atoms with E-state index in [0.29, 0.717) is 12.4 Å². The maximum absolute atomic E-state index is 11.2. The van der Waals surface area contributed by atoms with Crippen molar-refractivity contribution >= 4 is 16.9 Å². The molecule has 6 heteroatoms. The Morgan fingerprint density at radius 1 is 1.50 bits per heavy atom. The van der Waals surface area contributed by atoms with E-state index >= 15 is 0 Å². The Morgan fingerprint density at radius 3 is 3.00 bits per heavy atom. The van der Waals surface area contributed by atoms with Crippen LogP contribution in [0.25, 0.3) is 11.0 Å². The van der Waals surface area contributed by atoms with Gasteiger partial charge in [0.15, 0.2) is 0 Å². The summed E-state index contributed by atoms with van der Waals surface area (Å²) in [5.41, 5.74) is 3.84. The fourth-order valence-corrected chi connectivity index (χ4v) is 1.87. The summed E-state index contributed by atoms with van der Waals surface area (Å²) in [7, 11) is 0. The summed E-state index contributed by atoms with van der Waals surface area (Å²) < 4.78 is 1.88. The van der Waals surface area contributed by atoms with Gasteiger partial charge < -0.3 is 4.57 Å². The Labute approximate surface area is 104 Å². The number of para-hydroxylation sites is 2. The van der Waals surface area contributed by atoms with Crippen LogP contribution in [0.4, 0.5) is 0 Å². The number of aryl methyl sites for hydroxylation is 1. The highest BCUT2D eigenvalue weighted by Gasteiger charge is 2.10. The Hall–Kier alpha value is -2.39. The fraction of sp³-hybridized carbons (Fsp3) is 0.250. The second kappa shape index (κ2) is 5.29. The van der Waals surface area contributed by atoms with Crippen LogP contribution in [0.3, 0.4) is 0 Å². The molecule has 0 bridgehead atoms. The van der Waals surface area contributed by atoms with Crippen molar-refractivity contribution in [3.63, 3.8) is 0 Å². The number of hydrogen-bond acceptors (Lipinski definition) is 4. The van der Waals surface area contributed by atoms with Crippen molar-refractivity contribution in [1.82, 2.24) is 15.0 Å². The lowest BCUT2D eigenvalue weighted by Crippen LogP contribution is -2.30. The second-order valence-electron chi connectivity index (χ2n) is 3.82. The molecule has 0 aliphatic carbocycles. The van der Waals surface area contributed by atoms with Crippen molar-refractivity contribution in [3.05, 3.63) is 30.1 Å². The summed E-state index contributed by atoms with van der Waals surface area (Å²) in [6.45, 7) is 0.459. The van der Waals surface area contributed by atoms with Gasteiger partial charge in [-0.3, -0.25) is 10.2 Å². The van der Waals surface area contributed by atoms with Crippen molar-refractivity contribution in [2.45, 2.75) is 19.4 Å². The molecule has 2 rings (SSSR count). The number of nitrogens with one attached hydrogen (secondary N) is 1. The summed E-state index contributed by atoms with van der Waals surface area (Å²) in [5, 5.41) is 8.79. The predicted molar refractivity (Wildman–Crippen MR) is 66.0 cm³/mol. The molecule has 1 aromatic carbocycles. The molecule has 0 spiro atoms. The lowest BCUT2D eigenvalue weighted by Gasteiger charge is -2.06. The van der Waals surface area contributed by atoms with Gasteiger partial charge in [0, 0.05) is 13.0 Å². The van der Waals surface area contributed by atoms with Crippen molar-refractivity contribution in [2.75, 3.05) is 0 Å². The minimum absolute atomic E-state index is 0.221. The van der Waals surface area contributed by atoms with Gasteiger partial charge in [0.05, 0.1) is 23.5 Å². The van der Waals surface area contributed by atoms with Gasteiger partial charge in [0.1, 0.15) is 5.82 Å². The Morgan fingerprint density at radius 2 is 2.28 bits per heavy atom. The van der Waals surface area contributed by atoms with Crippen LogP contribution in [0.5, 0.6) is 0 Å². The zero-order valence-electron chi connectivity index (χ0n) is 9.76. The van der Waals surface area contributed by atoms with Crippen molar-refractivity contribution in [3.8, 4) is 6.07 Å². The molecule has 0 radical (unpaired) electrons. The Bertz CT molecular complexity index is 610. The zero-order valence-corrected chi connectivity index (χ0v) is 9.76. The number of nitrogens with two attached hydrogens (primary N) is 1. The molecule has 0 atom stereocenters. The van der Waals surface area contributed by atoms with Gasteiger partial charge in [-0.15, -0.1) is 0 Å². The Kier molecular flexibility index (Phi) is 3.55. The van der Waals surface area contributed by atoms with E-state index in [0.717, 1.165) is 11.0 Å². The molecular weight excluding hydrogens is 230 g/mol. The number of hydrazine groups is 1. The summed E-state index contributed by atoms with van der Waals surface area (Å²) in [6.07, 6.45) is 0.480. The number of aromatic nitrogens is 2. The van der Waals surface area contributed by atoms with Crippen LogP contribution in [-0.4, -0.2) is 15.5 Å². The lowest BCUT2D eigenvalue weighted by atomic mass is 10.3. The van der Waals surface area contributed by atoms with Crippen LogP contribution in [0.1, 0.15) is 12.2 Å². The number of amides is 1. The predicted octanol–water partition coefficient (Wildman–Crippen LogP) is 0.482. The number of imidazole rings is 1. The number of nitriles is 1. The van der Waals surface area contributed by atoms with E-state index in [1.54, 1.807) is 0 Å². The molecule has 2 aromatic rings.